The Bertz CT molecular complexity index is 783. The molecule has 7 heteroatoms. The SMILES string of the molecule is CCn1nc(C2=C(C)C=C(C)C3=NC(C)CN32)c(Cl)c1C(C)(F)F. The maximum atomic E-state index is 14.0. The second-order valence-electron chi connectivity index (χ2n) is 6.49. The van der Waals surface area contributed by atoms with Crippen molar-refractivity contribution in [3.05, 3.63) is 33.6 Å². The molecule has 24 heavy (non-hydrogen) atoms. The fraction of sp³-hybridized carbons (Fsp3) is 0.529. The first-order valence-corrected chi connectivity index (χ1v) is 8.42. The van der Waals surface area contributed by atoms with Gasteiger partial charge >= 0.3 is 0 Å². The highest BCUT2D eigenvalue weighted by molar-refractivity contribution is 6.33. The number of halogens is 3. The number of aromatic nitrogens is 2. The molecular formula is C17H21ClF2N4. The molecule has 1 aromatic heterocycles. The summed E-state index contributed by atoms with van der Waals surface area (Å²) in [5.41, 5.74) is 2.95. The largest absolute Gasteiger partial charge is 0.322 e. The smallest absolute Gasteiger partial charge is 0.288 e. The molecule has 0 radical (unpaired) electrons. The fourth-order valence-corrected chi connectivity index (χ4v) is 3.80. The van der Waals surface area contributed by atoms with E-state index in [1.807, 2.05) is 31.7 Å². The van der Waals surface area contributed by atoms with E-state index >= 15 is 0 Å². The van der Waals surface area contributed by atoms with Crippen LogP contribution in [0, 0.1) is 0 Å². The van der Waals surface area contributed by atoms with E-state index in [1.54, 1.807) is 6.92 Å². The second-order valence-corrected chi connectivity index (χ2v) is 6.86. The summed E-state index contributed by atoms with van der Waals surface area (Å²) in [4.78, 5) is 6.69. The lowest BCUT2D eigenvalue weighted by atomic mass is 10.0. The number of aliphatic imine (C=N–C) groups is 1. The average Bonchev–Trinajstić information content (AvgIpc) is 2.99. The van der Waals surface area contributed by atoms with Crippen LogP contribution in [0.5, 0.6) is 0 Å². The van der Waals surface area contributed by atoms with Gasteiger partial charge in [0.25, 0.3) is 5.92 Å². The highest BCUT2D eigenvalue weighted by atomic mass is 35.5. The Kier molecular flexibility index (Phi) is 4.06. The van der Waals surface area contributed by atoms with Crippen LogP contribution in [-0.2, 0) is 12.5 Å². The monoisotopic (exact) mass is 354 g/mol. The second kappa shape index (κ2) is 5.69. The summed E-state index contributed by atoms with van der Waals surface area (Å²) in [6.45, 7) is 9.63. The minimum absolute atomic E-state index is 0.0190. The fourth-order valence-electron chi connectivity index (χ4n) is 3.41. The molecule has 1 aromatic rings. The summed E-state index contributed by atoms with van der Waals surface area (Å²) in [7, 11) is 0. The number of rotatable bonds is 3. The molecule has 4 nitrogen and oxygen atoms in total. The van der Waals surface area contributed by atoms with Crippen LogP contribution in [-0.4, -0.2) is 33.1 Å². The molecule has 0 saturated heterocycles. The number of fused-ring (bicyclic) bond motifs is 1. The Morgan fingerprint density at radius 2 is 2.04 bits per heavy atom. The molecule has 3 heterocycles. The normalized spacial score (nSPS) is 21.2. The van der Waals surface area contributed by atoms with Gasteiger partial charge in [-0.05, 0) is 38.8 Å². The Labute approximate surface area is 145 Å². The van der Waals surface area contributed by atoms with Gasteiger partial charge in [0.2, 0.25) is 0 Å². The first-order valence-electron chi connectivity index (χ1n) is 8.05. The van der Waals surface area contributed by atoms with E-state index in [1.165, 1.54) is 4.68 Å². The predicted molar refractivity (Wildman–Crippen MR) is 92.4 cm³/mol. The van der Waals surface area contributed by atoms with Crippen LogP contribution in [0.15, 0.2) is 22.2 Å². The van der Waals surface area contributed by atoms with E-state index in [4.69, 9.17) is 11.6 Å². The summed E-state index contributed by atoms with van der Waals surface area (Å²) in [6.07, 6.45) is 2.01. The zero-order valence-electron chi connectivity index (χ0n) is 14.5. The molecule has 2 aliphatic rings. The van der Waals surface area contributed by atoms with Crippen LogP contribution in [0.2, 0.25) is 5.02 Å². The van der Waals surface area contributed by atoms with E-state index < -0.39 is 5.92 Å². The van der Waals surface area contributed by atoms with E-state index in [9.17, 15) is 8.78 Å². The molecule has 0 N–H and O–H groups in total. The number of nitrogens with zero attached hydrogens (tertiary/aromatic N) is 4. The lowest BCUT2D eigenvalue weighted by Crippen LogP contribution is -2.31. The zero-order chi connectivity index (χ0) is 17.8. The number of hydrogen-bond donors (Lipinski definition) is 0. The Morgan fingerprint density at radius 1 is 1.38 bits per heavy atom. The van der Waals surface area contributed by atoms with Crippen molar-refractivity contribution in [2.24, 2.45) is 4.99 Å². The van der Waals surface area contributed by atoms with Gasteiger partial charge in [0, 0.05) is 20.0 Å². The molecule has 0 spiro atoms. The molecule has 2 aliphatic heterocycles. The first kappa shape index (κ1) is 17.1. The van der Waals surface area contributed by atoms with Crippen LogP contribution in [0.4, 0.5) is 8.78 Å². The Hall–Kier alpha value is -1.69. The molecule has 3 rings (SSSR count). The molecular weight excluding hydrogens is 334 g/mol. The average molecular weight is 355 g/mol. The summed E-state index contributed by atoms with van der Waals surface area (Å²) in [6, 6.07) is 0.142. The molecule has 0 bridgehead atoms. The van der Waals surface area contributed by atoms with E-state index in [2.05, 4.69) is 10.1 Å². The first-order chi connectivity index (χ1) is 11.1. The maximum absolute atomic E-state index is 14.0. The summed E-state index contributed by atoms with van der Waals surface area (Å²) in [5, 5.41) is 4.42. The van der Waals surface area contributed by atoms with Crippen LogP contribution in [0.1, 0.15) is 46.0 Å². The summed E-state index contributed by atoms with van der Waals surface area (Å²) < 4.78 is 29.3. The van der Waals surface area contributed by atoms with Gasteiger partial charge in [-0.15, -0.1) is 0 Å². The minimum Gasteiger partial charge on any atom is -0.322 e. The minimum atomic E-state index is -3.05. The van der Waals surface area contributed by atoms with Crippen LogP contribution >= 0.6 is 11.6 Å². The predicted octanol–water partition coefficient (Wildman–Crippen LogP) is 4.46. The number of amidine groups is 1. The molecule has 1 atom stereocenters. The van der Waals surface area contributed by atoms with Gasteiger partial charge in [0.05, 0.1) is 16.8 Å². The van der Waals surface area contributed by atoms with E-state index in [-0.39, 0.29) is 16.8 Å². The third kappa shape index (κ3) is 2.57. The standard InChI is InChI=1S/C17H21ClF2N4/c1-6-24-15(17(5,19)20)12(18)13(22-24)14-9(2)7-10(3)16-21-11(4)8-23(14)16/h7,11H,6,8H2,1-5H3. The zero-order valence-corrected chi connectivity index (χ0v) is 15.2. The molecule has 0 saturated carbocycles. The number of allylic oxidation sites excluding steroid dienone is 2. The summed E-state index contributed by atoms with van der Waals surface area (Å²) >= 11 is 6.37. The lowest BCUT2D eigenvalue weighted by molar-refractivity contribution is 0.00807. The van der Waals surface area contributed by atoms with Crippen molar-refractivity contribution < 1.29 is 8.78 Å². The van der Waals surface area contributed by atoms with Gasteiger partial charge in [0.1, 0.15) is 17.2 Å². The molecule has 0 amide bonds. The van der Waals surface area contributed by atoms with Gasteiger partial charge < -0.3 is 4.90 Å². The van der Waals surface area contributed by atoms with Crippen molar-refractivity contribution in [2.45, 2.75) is 53.1 Å². The highest BCUT2D eigenvalue weighted by Crippen LogP contribution is 2.41. The van der Waals surface area contributed by atoms with Crippen molar-refractivity contribution in [3.8, 4) is 0 Å². The van der Waals surface area contributed by atoms with Gasteiger partial charge in [-0.25, -0.2) is 0 Å². The summed E-state index contributed by atoms with van der Waals surface area (Å²) in [5.74, 6) is -2.18. The third-order valence-electron chi connectivity index (χ3n) is 4.31. The maximum Gasteiger partial charge on any atom is 0.288 e. The number of aryl methyl sites for hydroxylation is 1. The third-order valence-corrected chi connectivity index (χ3v) is 4.67. The molecule has 0 aromatic carbocycles. The van der Waals surface area contributed by atoms with Gasteiger partial charge in [0.15, 0.2) is 0 Å². The van der Waals surface area contributed by atoms with Crippen LogP contribution in [0.25, 0.3) is 5.70 Å². The van der Waals surface area contributed by atoms with Crippen molar-refractivity contribution in [3.63, 3.8) is 0 Å². The Morgan fingerprint density at radius 3 is 2.58 bits per heavy atom. The quantitative estimate of drug-likeness (QED) is 0.802. The number of hydrogen-bond acceptors (Lipinski definition) is 3. The molecule has 130 valence electrons. The molecule has 1 unspecified atom stereocenters. The van der Waals surface area contributed by atoms with Crippen molar-refractivity contribution >= 4 is 23.1 Å². The number of alkyl halides is 2. The van der Waals surface area contributed by atoms with Crippen LogP contribution < -0.4 is 0 Å². The van der Waals surface area contributed by atoms with Gasteiger partial charge in [-0.2, -0.15) is 13.9 Å². The lowest BCUT2D eigenvalue weighted by Gasteiger charge is -2.28. The van der Waals surface area contributed by atoms with E-state index in [0.29, 0.717) is 18.8 Å². The van der Waals surface area contributed by atoms with Gasteiger partial charge in [-0.3, -0.25) is 9.67 Å². The van der Waals surface area contributed by atoms with Crippen molar-refractivity contribution in [2.75, 3.05) is 6.54 Å². The van der Waals surface area contributed by atoms with Crippen molar-refractivity contribution in [1.29, 1.82) is 0 Å². The van der Waals surface area contributed by atoms with Gasteiger partial charge in [-0.1, -0.05) is 17.7 Å². The molecule has 0 aliphatic carbocycles. The Balaban J connectivity index is 2.21. The van der Waals surface area contributed by atoms with Crippen LogP contribution in [0.3, 0.4) is 0 Å². The van der Waals surface area contributed by atoms with Crippen molar-refractivity contribution in [1.82, 2.24) is 14.7 Å². The van der Waals surface area contributed by atoms with E-state index in [0.717, 1.165) is 29.6 Å². The topological polar surface area (TPSA) is 33.4 Å². The molecule has 0 fully saturated rings. The highest BCUT2D eigenvalue weighted by Gasteiger charge is 2.38.